The number of benzene rings is 1. The van der Waals surface area contributed by atoms with Gasteiger partial charge in [-0.25, -0.2) is 0 Å². The lowest BCUT2D eigenvalue weighted by Gasteiger charge is -2.23. The third-order valence-electron chi connectivity index (χ3n) is 4.17. The molecule has 1 aromatic carbocycles. The van der Waals surface area contributed by atoms with Crippen LogP contribution in [0.5, 0.6) is 0 Å². The van der Waals surface area contributed by atoms with Crippen molar-refractivity contribution in [3.8, 4) is 0 Å². The fourth-order valence-corrected chi connectivity index (χ4v) is 2.54. The molecule has 0 spiro atoms. The zero-order chi connectivity index (χ0) is 11.9. The molecule has 2 unspecified atom stereocenters. The Balaban J connectivity index is 2.28. The van der Waals surface area contributed by atoms with Gasteiger partial charge in [-0.15, -0.1) is 0 Å². The minimum Gasteiger partial charge on any atom is -0.324 e. The standard InChI is InChI=1S/C15H23N/c1-9-7-11(3)14(8-10(9)2)15(16)12(4)13-5-6-13/h7-8,12-13,15H,5-6,16H2,1-4H3. The number of hydrogen-bond donors (Lipinski definition) is 1. The van der Waals surface area contributed by atoms with E-state index in [9.17, 15) is 0 Å². The highest BCUT2D eigenvalue weighted by Gasteiger charge is 2.32. The molecule has 1 aliphatic rings. The number of hydrogen-bond acceptors (Lipinski definition) is 1. The van der Waals surface area contributed by atoms with Crippen LogP contribution in [-0.4, -0.2) is 0 Å². The van der Waals surface area contributed by atoms with Crippen LogP contribution >= 0.6 is 0 Å². The van der Waals surface area contributed by atoms with E-state index < -0.39 is 0 Å². The molecule has 2 atom stereocenters. The molecule has 0 aliphatic heterocycles. The van der Waals surface area contributed by atoms with Gasteiger partial charge in [-0.1, -0.05) is 19.1 Å². The van der Waals surface area contributed by atoms with Gasteiger partial charge in [0.05, 0.1) is 0 Å². The summed E-state index contributed by atoms with van der Waals surface area (Å²) in [5.74, 6) is 1.50. The molecule has 0 saturated heterocycles. The summed E-state index contributed by atoms with van der Waals surface area (Å²) in [6.07, 6.45) is 2.75. The molecule has 16 heavy (non-hydrogen) atoms. The van der Waals surface area contributed by atoms with E-state index in [0.717, 1.165) is 5.92 Å². The highest BCUT2D eigenvalue weighted by molar-refractivity contribution is 5.38. The Hall–Kier alpha value is -0.820. The maximum Gasteiger partial charge on any atom is 0.0326 e. The van der Waals surface area contributed by atoms with E-state index in [-0.39, 0.29) is 6.04 Å². The Morgan fingerprint density at radius 3 is 2.19 bits per heavy atom. The van der Waals surface area contributed by atoms with Crippen molar-refractivity contribution >= 4 is 0 Å². The first-order valence-corrected chi connectivity index (χ1v) is 6.34. The van der Waals surface area contributed by atoms with Crippen molar-refractivity contribution in [2.45, 2.75) is 46.6 Å². The zero-order valence-corrected chi connectivity index (χ0v) is 10.9. The van der Waals surface area contributed by atoms with Crippen LogP contribution in [0.25, 0.3) is 0 Å². The van der Waals surface area contributed by atoms with Crippen LogP contribution in [0.4, 0.5) is 0 Å². The minimum absolute atomic E-state index is 0.215. The Kier molecular flexibility index (Phi) is 3.07. The summed E-state index contributed by atoms with van der Waals surface area (Å²) in [6.45, 7) is 8.83. The summed E-state index contributed by atoms with van der Waals surface area (Å²) >= 11 is 0. The van der Waals surface area contributed by atoms with Gasteiger partial charge in [-0.2, -0.15) is 0 Å². The maximum absolute atomic E-state index is 6.40. The number of rotatable bonds is 3. The number of nitrogens with two attached hydrogens (primary N) is 1. The van der Waals surface area contributed by atoms with Gasteiger partial charge in [-0.05, 0) is 67.7 Å². The second kappa shape index (κ2) is 4.21. The van der Waals surface area contributed by atoms with Crippen molar-refractivity contribution in [2.24, 2.45) is 17.6 Å². The normalized spacial score (nSPS) is 19.6. The lowest BCUT2D eigenvalue weighted by Crippen LogP contribution is -2.21. The van der Waals surface area contributed by atoms with Crippen molar-refractivity contribution in [3.05, 3.63) is 34.4 Å². The van der Waals surface area contributed by atoms with Crippen LogP contribution in [0.1, 0.15) is 48.1 Å². The van der Waals surface area contributed by atoms with Gasteiger partial charge >= 0.3 is 0 Å². The van der Waals surface area contributed by atoms with Gasteiger partial charge in [0.25, 0.3) is 0 Å². The van der Waals surface area contributed by atoms with Crippen LogP contribution in [0.15, 0.2) is 12.1 Å². The Morgan fingerprint density at radius 2 is 1.62 bits per heavy atom. The second-order valence-corrected chi connectivity index (χ2v) is 5.52. The van der Waals surface area contributed by atoms with E-state index in [1.807, 2.05) is 0 Å². The molecule has 1 saturated carbocycles. The van der Waals surface area contributed by atoms with Crippen LogP contribution in [0.2, 0.25) is 0 Å². The molecule has 2 N–H and O–H groups in total. The number of aryl methyl sites for hydroxylation is 3. The van der Waals surface area contributed by atoms with Crippen LogP contribution < -0.4 is 5.73 Å². The van der Waals surface area contributed by atoms with Crippen LogP contribution in [0.3, 0.4) is 0 Å². The molecule has 1 fully saturated rings. The monoisotopic (exact) mass is 217 g/mol. The summed E-state index contributed by atoms with van der Waals surface area (Å²) in [4.78, 5) is 0. The van der Waals surface area contributed by atoms with E-state index in [1.165, 1.54) is 35.1 Å². The van der Waals surface area contributed by atoms with Crippen molar-refractivity contribution in [3.63, 3.8) is 0 Å². The lowest BCUT2D eigenvalue weighted by atomic mass is 9.87. The Morgan fingerprint density at radius 1 is 1.06 bits per heavy atom. The van der Waals surface area contributed by atoms with Gasteiger partial charge in [0.1, 0.15) is 0 Å². The molecule has 1 nitrogen and oxygen atoms in total. The van der Waals surface area contributed by atoms with E-state index in [4.69, 9.17) is 5.73 Å². The molecule has 0 bridgehead atoms. The quantitative estimate of drug-likeness (QED) is 0.821. The fraction of sp³-hybridized carbons (Fsp3) is 0.600. The van der Waals surface area contributed by atoms with E-state index in [0.29, 0.717) is 5.92 Å². The summed E-state index contributed by atoms with van der Waals surface area (Å²) in [6, 6.07) is 4.77. The Labute approximate surface area is 99.0 Å². The van der Waals surface area contributed by atoms with Crippen molar-refractivity contribution in [1.82, 2.24) is 0 Å². The summed E-state index contributed by atoms with van der Waals surface area (Å²) in [5.41, 5.74) is 11.8. The Bertz CT molecular complexity index is 391. The first kappa shape index (κ1) is 11.7. The smallest absolute Gasteiger partial charge is 0.0326 e. The van der Waals surface area contributed by atoms with E-state index >= 15 is 0 Å². The zero-order valence-electron chi connectivity index (χ0n) is 10.9. The highest BCUT2D eigenvalue weighted by atomic mass is 14.7. The molecular formula is C15H23N. The summed E-state index contributed by atoms with van der Waals surface area (Å²) in [7, 11) is 0. The summed E-state index contributed by atoms with van der Waals surface area (Å²) in [5, 5.41) is 0. The fourth-order valence-electron chi connectivity index (χ4n) is 2.54. The van der Waals surface area contributed by atoms with Crippen LogP contribution in [0, 0.1) is 32.6 Å². The second-order valence-electron chi connectivity index (χ2n) is 5.52. The maximum atomic E-state index is 6.40. The average molecular weight is 217 g/mol. The molecular weight excluding hydrogens is 194 g/mol. The molecule has 1 aliphatic carbocycles. The SMILES string of the molecule is Cc1cc(C)c(C(N)C(C)C2CC2)cc1C. The van der Waals surface area contributed by atoms with Gasteiger partial charge in [0, 0.05) is 6.04 Å². The largest absolute Gasteiger partial charge is 0.324 e. The first-order valence-electron chi connectivity index (χ1n) is 6.34. The molecule has 0 aromatic heterocycles. The van der Waals surface area contributed by atoms with Gasteiger partial charge < -0.3 is 5.73 Å². The molecule has 0 heterocycles. The predicted molar refractivity (Wildman–Crippen MR) is 69.5 cm³/mol. The molecule has 88 valence electrons. The van der Waals surface area contributed by atoms with Crippen molar-refractivity contribution < 1.29 is 0 Å². The molecule has 2 rings (SSSR count). The molecule has 1 aromatic rings. The third-order valence-corrected chi connectivity index (χ3v) is 4.17. The van der Waals surface area contributed by atoms with E-state index in [2.05, 4.69) is 39.8 Å². The van der Waals surface area contributed by atoms with E-state index in [1.54, 1.807) is 0 Å². The van der Waals surface area contributed by atoms with Crippen LogP contribution in [-0.2, 0) is 0 Å². The third kappa shape index (κ3) is 2.15. The molecule has 1 heteroatoms. The highest BCUT2D eigenvalue weighted by Crippen LogP contribution is 2.42. The van der Waals surface area contributed by atoms with Crippen molar-refractivity contribution in [2.75, 3.05) is 0 Å². The molecule has 0 radical (unpaired) electrons. The van der Waals surface area contributed by atoms with Gasteiger partial charge in [-0.3, -0.25) is 0 Å². The molecule has 0 amide bonds. The van der Waals surface area contributed by atoms with Gasteiger partial charge in [0.2, 0.25) is 0 Å². The van der Waals surface area contributed by atoms with Gasteiger partial charge in [0.15, 0.2) is 0 Å². The average Bonchev–Trinajstić information content (AvgIpc) is 3.05. The first-order chi connectivity index (χ1) is 7.50. The van der Waals surface area contributed by atoms with Crippen molar-refractivity contribution in [1.29, 1.82) is 0 Å². The summed E-state index contributed by atoms with van der Waals surface area (Å²) < 4.78 is 0. The topological polar surface area (TPSA) is 26.0 Å². The minimum atomic E-state index is 0.215. The predicted octanol–water partition coefficient (Wildman–Crippen LogP) is 3.66. The lowest BCUT2D eigenvalue weighted by molar-refractivity contribution is 0.416.